The average molecular weight is 290 g/mol. The van der Waals surface area contributed by atoms with E-state index in [0.29, 0.717) is 0 Å². The molecule has 0 aromatic heterocycles. The minimum atomic E-state index is 0.0714. The fraction of sp³-hybridized carbons (Fsp3) is 0.200. The Morgan fingerprint density at radius 2 is 1.76 bits per heavy atom. The van der Waals surface area contributed by atoms with Crippen molar-refractivity contribution < 1.29 is 0 Å². The van der Waals surface area contributed by atoms with Crippen molar-refractivity contribution >= 4 is 15.9 Å². The van der Waals surface area contributed by atoms with Gasteiger partial charge < -0.3 is 5.73 Å². The van der Waals surface area contributed by atoms with Gasteiger partial charge in [0, 0.05) is 10.5 Å². The van der Waals surface area contributed by atoms with E-state index < -0.39 is 0 Å². The lowest BCUT2D eigenvalue weighted by molar-refractivity contribution is 0.810. The zero-order valence-electron chi connectivity index (χ0n) is 10.1. The summed E-state index contributed by atoms with van der Waals surface area (Å²) < 4.78 is 1.10. The second kappa shape index (κ2) is 5.03. The van der Waals surface area contributed by atoms with Crippen LogP contribution in [0.4, 0.5) is 0 Å². The lowest BCUT2D eigenvalue weighted by Gasteiger charge is -2.12. The summed E-state index contributed by atoms with van der Waals surface area (Å²) in [4.78, 5) is 0. The lowest BCUT2D eigenvalue weighted by Crippen LogP contribution is -2.06. The number of nitrogens with two attached hydrogens (primary N) is 1. The summed E-state index contributed by atoms with van der Waals surface area (Å²) in [6, 6.07) is 14.8. The van der Waals surface area contributed by atoms with Crippen molar-refractivity contribution in [1.29, 1.82) is 0 Å². The second-order valence-corrected chi connectivity index (χ2v) is 5.29. The highest BCUT2D eigenvalue weighted by atomic mass is 79.9. The van der Waals surface area contributed by atoms with E-state index in [1.54, 1.807) is 0 Å². The maximum absolute atomic E-state index is 5.98. The van der Waals surface area contributed by atoms with Crippen LogP contribution in [0.5, 0.6) is 0 Å². The third-order valence-corrected chi connectivity index (χ3v) is 3.42. The van der Waals surface area contributed by atoms with Gasteiger partial charge in [0.25, 0.3) is 0 Å². The zero-order chi connectivity index (χ0) is 12.4. The Hall–Kier alpha value is -1.12. The number of hydrogen-bond acceptors (Lipinski definition) is 1. The van der Waals surface area contributed by atoms with Crippen molar-refractivity contribution in [3.8, 4) is 11.1 Å². The Balaban J connectivity index is 2.50. The molecule has 1 nitrogen and oxygen atoms in total. The van der Waals surface area contributed by atoms with E-state index in [-0.39, 0.29) is 6.04 Å². The average Bonchev–Trinajstić information content (AvgIpc) is 2.29. The summed E-state index contributed by atoms with van der Waals surface area (Å²) in [5.41, 5.74) is 10.9. The van der Waals surface area contributed by atoms with Gasteiger partial charge in [0.2, 0.25) is 0 Å². The van der Waals surface area contributed by atoms with Gasteiger partial charge in [0.15, 0.2) is 0 Å². The SMILES string of the molecule is Cc1ccc(-c2cccc(Br)c2)cc1C(C)N. The molecule has 0 fully saturated rings. The number of halogens is 1. The number of rotatable bonds is 2. The Kier molecular flexibility index (Phi) is 3.65. The molecule has 0 bridgehead atoms. The standard InChI is InChI=1S/C15H16BrN/c1-10-6-7-13(9-15(10)11(2)17)12-4-3-5-14(16)8-12/h3-9,11H,17H2,1-2H3. The first-order chi connectivity index (χ1) is 8.08. The fourth-order valence-corrected chi connectivity index (χ4v) is 2.38. The van der Waals surface area contributed by atoms with Crippen molar-refractivity contribution in [3.05, 3.63) is 58.1 Å². The predicted octanol–water partition coefficient (Wildman–Crippen LogP) is 4.44. The van der Waals surface area contributed by atoms with E-state index in [2.05, 4.69) is 53.2 Å². The van der Waals surface area contributed by atoms with Gasteiger partial charge in [-0.2, -0.15) is 0 Å². The van der Waals surface area contributed by atoms with E-state index in [0.717, 1.165) is 4.47 Å². The third kappa shape index (κ3) is 2.76. The van der Waals surface area contributed by atoms with Gasteiger partial charge in [-0.15, -0.1) is 0 Å². The first kappa shape index (κ1) is 12.3. The van der Waals surface area contributed by atoms with E-state index >= 15 is 0 Å². The molecular formula is C15H16BrN. The molecule has 0 aliphatic heterocycles. The van der Waals surface area contributed by atoms with Crippen molar-refractivity contribution in [2.75, 3.05) is 0 Å². The highest BCUT2D eigenvalue weighted by Gasteiger charge is 2.06. The first-order valence-electron chi connectivity index (χ1n) is 5.70. The van der Waals surface area contributed by atoms with E-state index in [9.17, 15) is 0 Å². The quantitative estimate of drug-likeness (QED) is 0.869. The summed E-state index contributed by atoms with van der Waals surface area (Å²) in [7, 11) is 0. The Labute approximate surface area is 111 Å². The van der Waals surface area contributed by atoms with Gasteiger partial charge in [-0.05, 0) is 54.3 Å². The number of hydrogen-bond donors (Lipinski definition) is 1. The molecule has 0 amide bonds. The highest BCUT2D eigenvalue weighted by Crippen LogP contribution is 2.26. The maximum atomic E-state index is 5.98. The Morgan fingerprint density at radius 3 is 2.41 bits per heavy atom. The van der Waals surface area contributed by atoms with Crippen molar-refractivity contribution in [1.82, 2.24) is 0 Å². The molecule has 0 saturated heterocycles. The first-order valence-corrected chi connectivity index (χ1v) is 6.49. The summed E-state index contributed by atoms with van der Waals surface area (Å²) in [5, 5.41) is 0. The van der Waals surface area contributed by atoms with Gasteiger partial charge in [-0.1, -0.05) is 40.2 Å². The van der Waals surface area contributed by atoms with E-state index in [4.69, 9.17) is 5.73 Å². The topological polar surface area (TPSA) is 26.0 Å². The highest BCUT2D eigenvalue weighted by molar-refractivity contribution is 9.10. The van der Waals surface area contributed by atoms with Crippen molar-refractivity contribution in [2.45, 2.75) is 19.9 Å². The Morgan fingerprint density at radius 1 is 1.06 bits per heavy atom. The van der Waals surface area contributed by atoms with Gasteiger partial charge >= 0.3 is 0 Å². The summed E-state index contributed by atoms with van der Waals surface area (Å²) >= 11 is 3.50. The minimum Gasteiger partial charge on any atom is -0.324 e. The lowest BCUT2D eigenvalue weighted by atomic mass is 9.96. The molecule has 2 aromatic rings. The molecule has 1 atom stereocenters. The third-order valence-electron chi connectivity index (χ3n) is 2.93. The molecule has 0 heterocycles. The summed E-state index contributed by atoms with van der Waals surface area (Å²) in [6.07, 6.45) is 0. The van der Waals surface area contributed by atoms with E-state index in [1.807, 2.05) is 19.1 Å². The molecule has 1 unspecified atom stereocenters. The molecule has 17 heavy (non-hydrogen) atoms. The van der Waals surface area contributed by atoms with Gasteiger partial charge in [0.05, 0.1) is 0 Å². The normalized spacial score (nSPS) is 12.5. The molecule has 2 rings (SSSR count). The van der Waals surface area contributed by atoms with Crippen LogP contribution in [0.25, 0.3) is 11.1 Å². The van der Waals surface area contributed by atoms with Crippen LogP contribution in [-0.4, -0.2) is 0 Å². The van der Waals surface area contributed by atoms with Crippen LogP contribution in [0, 0.1) is 6.92 Å². The van der Waals surface area contributed by atoms with Crippen LogP contribution in [0.2, 0.25) is 0 Å². The van der Waals surface area contributed by atoms with Crippen molar-refractivity contribution in [3.63, 3.8) is 0 Å². The zero-order valence-corrected chi connectivity index (χ0v) is 11.7. The van der Waals surface area contributed by atoms with Crippen LogP contribution in [0.3, 0.4) is 0 Å². The molecular weight excluding hydrogens is 274 g/mol. The molecule has 2 heteroatoms. The van der Waals surface area contributed by atoms with Gasteiger partial charge in [-0.3, -0.25) is 0 Å². The molecule has 0 aliphatic carbocycles. The van der Waals surface area contributed by atoms with Gasteiger partial charge in [0.1, 0.15) is 0 Å². The number of aryl methyl sites for hydroxylation is 1. The molecule has 2 aromatic carbocycles. The molecule has 0 aliphatic rings. The molecule has 2 N–H and O–H groups in total. The second-order valence-electron chi connectivity index (χ2n) is 4.37. The van der Waals surface area contributed by atoms with Crippen LogP contribution in [0.15, 0.2) is 46.9 Å². The van der Waals surface area contributed by atoms with Crippen molar-refractivity contribution in [2.24, 2.45) is 5.73 Å². The molecule has 0 spiro atoms. The molecule has 88 valence electrons. The largest absolute Gasteiger partial charge is 0.324 e. The van der Waals surface area contributed by atoms with Crippen LogP contribution >= 0.6 is 15.9 Å². The Bertz CT molecular complexity index is 532. The van der Waals surface area contributed by atoms with Crippen LogP contribution in [-0.2, 0) is 0 Å². The summed E-state index contributed by atoms with van der Waals surface area (Å²) in [5.74, 6) is 0. The van der Waals surface area contributed by atoms with Crippen LogP contribution < -0.4 is 5.73 Å². The monoisotopic (exact) mass is 289 g/mol. The fourth-order valence-electron chi connectivity index (χ4n) is 1.98. The number of benzene rings is 2. The smallest absolute Gasteiger partial charge is 0.0268 e. The maximum Gasteiger partial charge on any atom is 0.0268 e. The van der Waals surface area contributed by atoms with E-state index in [1.165, 1.54) is 22.3 Å². The predicted molar refractivity (Wildman–Crippen MR) is 76.9 cm³/mol. The molecule has 0 saturated carbocycles. The van der Waals surface area contributed by atoms with Gasteiger partial charge in [-0.25, -0.2) is 0 Å². The molecule has 0 radical (unpaired) electrons. The minimum absolute atomic E-state index is 0.0714. The summed E-state index contributed by atoms with van der Waals surface area (Å²) in [6.45, 7) is 4.12. The van der Waals surface area contributed by atoms with Crippen LogP contribution in [0.1, 0.15) is 24.1 Å².